The Morgan fingerprint density at radius 2 is 2.00 bits per heavy atom. The van der Waals surface area contributed by atoms with Crippen LogP contribution in [0.2, 0.25) is 10.0 Å². The van der Waals surface area contributed by atoms with Gasteiger partial charge < -0.3 is 5.32 Å². The molecular formula is C19H17Cl2N3OS. The highest BCUT2D eigenvalue weighted by molar-refractivity contribution is 8.00. The molecule has 4 nitrogen and oxygen atoms in total. The summed E-state index contributed by atoms with van der Waals surface area (Å²) in [6.07, 6.45) is 5.35. The number of nitrogens with zero attached hydrogens (tertiary/aromatic N) is 2. The number of aromatic nitrogens is 1. The van der Waals surface area contributed by atoms with Gasteiger partial charge in [-0.2, -0.15) is 5.26 Å². The molecule has 0 atom stereocenters. The maximum Gasteiger partial charge on any atom is 0.234 e. The zero-order valence-electron chi connectivity index (χ0n) is 14.0. The van der Waals surface area contributed by atoms with Crippen LogP contribution in [0.1, 0.15) is 36.1 Å². The van der Waals surface area contributed by atoms with Crippen LogP contribution < -0.4 is 5.32 Å². The number of aryl methyl sites for hydroxylation is 2. The lowest BCUT2D eigenvalue weighted by Gasteiger charge is -2.10. The second-order valence-electron chi connectivity index (χ2n) is 6.09. The van der Waals surface area contributed by atoms with Gasteiger partial charge in [0.25, 0.3) is 0 Å². The number of nitrogens with one attached hydrogen (secondary N) is 1. The van der Waals surface area contributed by atoms with Crippen molar-refractivity contribution < 1.29 is 4.79 Å². The van der Waals surface area contributed by atoms with Crippen LogP contribution in [-0.2, 0) is 17.6 Å². The molecule has 3 rings (SSSR count). The Hall–Kier alpha value is -1.74. The van der Waals surface area contributed by atoms with Crippen LogP contribution in [-0.4, -0.2) is 16.6 Å². The number of anilines is 1. The normalized spacial score (nSPS) is 13.4. The van der Waals surface area contributed by atoms with E-state index in [0.717, 1.165) is 31.4 Å². The van der Waals surface area contributed by atoms with E-state index >= 15 is 0 Å². The summed E-state index contributed by atoms with van der Waals surface area (Å²) in [6, 6.07) is 9.07. The molecule has 1 aliphatic rings. The number of rotatable bonds is 4. The minimum absolute atomic E-state index is 0.167. The quantitative estimate of drug-likeness (QED) is 0.556. The van der Waals surface area contributed by atoms with Crippen molar-refractivity contribution in [1.29, 1.82) is 5.26 Å². The van der Waals surface area contributed by atoms with Crippen LogP contribution in [0, 0.1) is 11.3 Å². The molecule has 0 radical (unpaired) electrons. The lowest BCUT2D eigenvalue weighted by Crippen LogP contribution is -2.14. The van der Waals surface area contributed by atoms with Gasteiger partial charge in [-0.15, -0.1) is 0 Å². The van der Waals surface area contributed by atoms with Crippen LogP contribution in [0.25, 0.3) is 0 Å². The van der Waals surface area contributed by atoms with Crippen molar-refractivity contribution in [1.82, 2.24) is 4.98 Å². The van der Waals surface area contributed by atoms with Gasteiger partial charge in [-0.05, 0) is 55.5 Å². The lowest BCUT2D eigenvalue weighted by atomic mass is 10.1. The molecule has 26 heavy (non-hydrogen) atoms. The molecule has 0 aliphatic heterocycles. The second-order valence-corrected chi connectivity index (χ2v) is 7.86. The smallest absolute Gasteiger partial charge is 0.234 e. The first-order chi connectivity index (χ1) is 12.6. The summed E-state index contributed by atoms with van der Waals surface area (Å²) in [6.45, 7) is 0. The topological polar surface area (TPSA) is 65.8 Å². The average Bonchev–Trinajstić information content (AvgIpc) is 2.87. The zero-order valence-corrected chi connectivity index (χ0v) is 16.3. The van der Waals surface area contributed by atoms with E-state index in [-0.39, 0.29) is 11.7 Å². The van der Waals surface area contributed by atoms with E-state index in [0.29, 0.717) is 26.3 Å². The Morgan fingerprint density at radius 1 is 1.19 bits per heavy atom. The number of hydrogen-bond acceptors (Lipinski definition) is 4. The Bertz CT molecular complexity index is 880. The Morgan fingerprint density at radius 3 is 2.77 bits per heavy atom. The molecule has 1 N–H and O–H groups in total. The largest absolute Gasteiger partial charge is 0.325 e. The molecule has 1 amide bonds. The minimum atomic E-state index is -0.186. The summed E-state index contributed by atoms with van der Waals surface area (Å²) in [4.78, 5) is 16.9. The number of halogens is 2. The van der Waals surface area contributed by atoms with E-state index in [9.17, 15) is 10.1 Å². The average molecular weight is 406 g/mol. The van der Waals surface area contributed by atoms with Crippen LogP contribution >= 0.6 is 35.0 Å². The third-order valence-corrected chi connectivity index (χ3v) is 5.91. The number of fused-ring (bicyclic) bond motifs is 1. The Balaban J connectivity index is 1.68. The van der Waals surface area contributed by atoms with Gasteiger partial charge in [0.05, 0.1) is 21.4 Å². The fourth-order valence-corrected chi connectivity index (χ4v) is 3.96. The van der Waals surface area contributed by atoms with E-state index in [1.807, 2.05) is 6.07 Å². The SMILES string of the molecule is N#Cc1cc2c(nc1SCC(=O)Nc1ccc(Cl)c(Cl)c1)CCCCC2. The summed E-state index contributed by atoms with van der Waals surface area (Å²) < 4.78 is 0. The molecule has 1 heterocycles. The summed E-state index contributed by atoms with van der Waals surface area (Å²) in [5.74, 6) is -0.0187. The number of pyridine rings is 1. The summed E-state index contributed by atoms with van der Waals surface area (Å²) in [7, 11) is 0. The van der Waals surface area contributed by atoms with Gasteiger partial charge in [-0.25, -0.2) is 4.98 Å². The number of carbonyl (C=O) groups excluding carboxylic acids is 1. The molecule has 1 aromatic carbocycles. The highest BCUT2D eigenvalue weighted by Crippen LogP contribution is 2.28. The number of hydrogen-bond donors (Lipinski definition) is 1. The highest BCUT2D eigenvalue weighted by atomic mass is 35.5. The monoisotopic (exact) mass is 405 g/mol. The fourth-order valence-electron chi connectivity index (χ4n) is 2.89. The van der Waals surface area contributed by atoms with E-state index in [2.05, 4.69) is 16.4 Å². The van der Waals surface area contributed by atoms with Crippen molar-refractivity contribution in [3.8, 4) is 6.07 Å². The fraction of sp³-hybridized carbons (Fsp3) is 0.316. The maximum absolute atomic E-state index is 12.2. The van der Waals surface area contributed by atoms with Crippen molar-refractivity contribution in [3.05, 3.63) is 51.1 Å². The van der Waals surface area contributed by atoms with Crippen LogP contribution in [0.4, 0.5) is 5.69 Å². The highest BCUT2D eigenvalue weighted by Gasteiger charge is 2.16. The minimum Gasteiger partial charge on any atom is -0.325 e. The van der Waals surface area contributed by atoms with E-state index in [4.69, 9.17) is 23.2 Å². The van der Waals surface area contributed by atoms with E-state index in [1.165, 1.54) is 23.7 Å². The Kier molecular flexibility index (Phi) is 6.42. The molecule has 0 unspecified atom stereocenters. The molecule has 1 aliphatic carbocycles. The lowest BCUT2D eigenvalue weighted by molar-refractivity contribution is -0.113. The van der Waals surface area contributed by atoms with Crippen molar-refractivity contribution in [2.45, 2.75) is 37.1 Å². The number of nitriles is 1. The predicted molar refractivity (Wildman–Crippen MR) is 106 cm³/mol. The number of carbonyl (C=O) groups is 1. The third kappa shape index (κ3) is 4.70. The second kappa shape index (κ2) is 8.77. The van der Waals surface area contributed by atoms with Gasteiger partial charge >= 0.3 is 0 Å². The number of thioether (sulfide) groups is 1. The molecule has 2 aromatic rings. The van der Waals surface area contributed by atoms with Crippen molar-refractivity contribution in [2.24, 2.45) is 0 Å². The molecular weight excluding hydrogens is 389 g/mol. The summed E-state index contributed by atoms with van der Waals surface area (Å²) in [5, 5.41) is 13.6. The molecule has 1 aromatic heterocycles. The summed E-state index contributed by atoms with van der Waals surface area (Å²) in [5.41, 5.74) is 3.36. The first-order valence-corrected chi connectivity index (χ1v) is 10.1. The first-order valence-electron chi connectivity index (χ1n) is 8.37. The molecule has 0 saturated carbocycles. The van der Waals surface area contributed by atoms with Gasteiger partial charge in [-0.3, -0.25) is 4.79 Å². The third-order valence-electron chi connectivity index (χ3n) is 4.18. The molecule has 134 valence electrons. The standard InChI is InChI=1S/C19H17Cl2N3OS/c20-15-7-6-14(9-16(15)21)23-18(25)11-26-19-13(10-22)8-12-4-2-1-3-5-17(12)24-19/h6-9H,1-5,11H2,(H,23,25). The van der Waals surface area contributed by atoms with Crippen molar-refractivity contribution in [3.63, 3.8) is 0 Å². The molecule has 0 bridgehead atoms. The van der Waals surface area contributed by atoms with Crippen LogP contribution in [0.15, 0.2) is 29.3 Å². The molecule has 0 saturated heterocycles. The van der Waals surface area contributed by atoms with Gasteiger partial charge in [0, 0.05) is 11.4 Å². The summed E-state index contributed by atoms with van der Waals surface area (Å²) >= 11 is 13.1. The molecule has 0 fully saturated rings. The predicted octanol–water partition coefficient (Wildman–Crippen LogP) is 5.26. The van der Waals surface area contributed by atoms with Crippen LogP contribution in [0.5, 0.6) is 0 Å². The van der Waals surface area contributed by atoms with Crippen LogP contribution in [0.3, 0.4) is 0 Å². The van der Waals surface area contributed by atoms with Gasteiger partial charge in [0.2, 0.25) is 5.91 Å². The molecule has 0 spiro atoms. The zero-order chi connectivity index (χ0) is 18.5. The maximum atomic E-state index is 12.2. The van der Waals surface area contributed by atoms with E-state index in [1.54, 1.807) is 18.2 Å². The first kappa shape index (κ1) is 19.0. The van der Waals surface area contributed by atoms with Crippen molar-refractivity contribution >= 4 is 46.6 Å². The molecule has 7 heteroatoms. The van der Waals surface area contributed by atoms with Gasteiger partial charge in [0.15, 0.2) is 0 Å². The Labute approximate surface area is 166 Å². The van der Waals surface area contributed by atoms with Gasteiger partial charge in [0.1, 0.15) is 11.1 Å². The van der Waals surface area contributed by atoms with E-state index < -0.39 is 0 Å². The van der Waals surface area contributed by atoms with Crippen molar-refractivity contribution in [2.75, 3.05) is 11.1 Å². The number of amides is 1. The van der Waals surface area contributed by atoms with Gasteiger partial charge in [-0.1, -0.05) is 41.4 Å². The number of benzene rings is 1.